The predicted octanol–water partition coefficient (Wildman–Crippen LogP) is 3.79. The zero-order valence-electron chi connectivity index (χ0n) is 10.5. The van der Waals surface area contributed by atoms with E-state index in [0.717, 1.165) is 6.07 Å². The van der Waals surface area contributed by atoms with E-state index >= 15 is 0 Å². The summed E-state index contributed by atoms with van der Waals surface area (Å²) in [7, 11) is 0. The van der Waals surface area contributed by atoms with Gasteiger partial charge in [-0.1, -0.05) is 0 Å². The van der Waals surface area contributed by atoms with Gasteiger partial charge in [0.05, 0.1) is 5.56 Å². The van der Waals surface area contributed by atoms with Crippen molar-refractivity contribution in [2.45, 2.75) is 31.9 Å². The summed E-state index contributed by atoms with van der Waals surface area (Å²) in [5.41, 5.74) is -1.65. The molecule has 0 aromatic heterocycles. The number of carbonyl (C=O) groups excluding carboxylic acids is 2. The Kier molecular flexibility index (Phi) is 3.92. The fourth-order valence-corrected chi connectivity index (χ4v) is 2.38. The first kappa shape index (κ1) is 14.7. The van der Waals surface area contributed by atoms with Crippen molar-refractivity contribution in [1.82, 2.24) is 0 Å². The molecular weight excluding hydrogens is 276 g/mol. The van der Waals surface area contributed by atoms with Crippen molar-refractivity contribution < 1.29 is 27.2 Å². The molecule has 108 valence electrons. The van der Waals surface area contributed by atoms with Crippen molar-refractivity contribution in [2.75, 3.05) is 0 Å². The summed E-state index contributed by atoms with van der Waals surface area (Å²) in [4.78, 5) is 23.4. The third-order valence-electron chi connectivity index (χ3n) is 3.41. The molecule has 1 saturated carbocycles. The van der Waals surface area contributed by atoms with E-state index in [9.17, 15) is 27.2 Å². The minimum absolute atomic E-state index is 0.0531. The second-order valence-electron chi connectivity index (χ2n) is 4.89. The fourth-order valence-electron chi connectivity index (χ4n) is 2.38. The molecule has 1 aliphatic carbocycles. The average molecular weight is 288 g/mol. The molecule has 0 spiro atoms. The number of ketones is 2. The minimum Gasteiger partial charge on any atom is -0.300 e. The van der Waals surface area contributed by atoms with Gasteiger partial charge >= 0.3 is 6.18 Å². The number of carbonyl (C=O) groups is 2. The number of alkyl halides is 3. The molecule has 0 heterocycles. The van der Waals surface area contributed by atoms with Gasteiger partial charge in [0.2, 0.25) is 0 Å². The van der Waals surface area contributed by atoms with Crippen LogP contribution < -0.4 is 0 Å². The van der Waals surface area contributed by atoms with Gasteiger partial charge in [-0.05, 0) is 31.0 Å². The fraction of sp³-hybridized carbons (Fsp3) is 0.429. The van der Waals surface area contributed by atoms with E-state index in [1.165, 1.54) is 0 Å². The van der Waals surface area contributed by atoms with Crippen LogP contribution in [0.15, 0.2) is 18.2 Å². The zero-order valence-corrected chi connectivity index (χ0v) is 10.5. The highest BCUT2D eigenvalue weighted by Crippen LogP contribution is 2.33. The Hall–Kier alpha value is -1.72. The smallest absolute Gasteiger partial charge is 0.300 e. The van der Waals surface area contributed by atoms with Gasteiger partial charge in [0.25, 0.3) is 0 Å². The van der Waals surface area contributed by atoms with Crippen LogP contribution >= 0.6 is 0 Å². The summed E-state index contributed by atoms with van der Waals surface area (Å²) < 4.78 is 50.9. The van der Waals surface area contributed by atoms with E-state index in [1.807, 2.05) is 0 Å². The van der Waals surface area contributed by atoms with Crippen LogP contribution in [0.1, 0.15) is 41.6 Å². The lowest BCUT2D eigenvalue weighted by Crippen LogP contribution is -2.23. The van der Waals surface area contributed by atoms with Crippen molar-refractivity contribution >= 4 is 11.6 Å². The van der Waals surface area contributed by atoms with Crippen molar-refractivity contribution in [3.05, 3.63) is 35.1 Å². The summed E-state index contributed by atoms with van der Waals surface area (Å²) in [5.74, 6) is -2.59. The normalized spacial score (nSPS) is 20.0. The lowest BCUT2D eigenvalue weighted by Gasteiger charge is -2.20. The maximum Gasteiger partial charge on any atom is 0.419 e. The number of rotatable bonds is 2. The van der Waals surface area contributed by atoms with E-state index in [4.69, 9.17) is 0 Å². The van der Waals surface area contributed by atoms with Gasteiger partial charge in [-0.25, -0.2) is 4.39 Å². The van der Waals surface area contributed by atoms with Gasteiger partial charge in [0.15, 0.2) is 5.78 Å². The molecule has 0 N–H and O–H groups in total. The lowest BCUT2D eigenvalue weighted by molar-refractivity contribution is -0.140. The lowest BCUT2D eigenvalue weighted by atomic mass is 9.83. The van der Waals surface area contributed by atoms with Crippen molar-refractivity contribution in [2.24, 2.45) is 5.92 Å². The molecule has 6 heteroatoms. The molecule has 1 unspecified atom stereocenters. The Morgan fingerprint density at radius 1 is 1.25 bits per heavy atom. The second-order valence-corrected chi connectivity index (χ2v) is 4.89. The predicted molar refractivity (Wildman–Crippen MR) is 62.7 cm³/mol. The summed E-state index contributed by atoms with van der Waals surface area (Å²) >= 11 is 0. The van der Waals surface area contributed by atoms with Gasteiger partial charge in [-0.2, -0.15) is 13.2 Å². The minimum atomic E-state index is -4.84. The first-order valence-corrected chi connectivity index (χ1v) is 6.21. The third kappa shape index (κ3) is 3.05. The highest BCUT2D eigenvalue weighted by atomic mass is 19.4. The summed E-state index contributed by atoms with van der Waals surface area (Å²) in [6, 6.07) is 2.20. The van der Waals surface area contributed by atoms with Crippen LogP contribution in [0.25, 0.3) is 0 Å². The van der Waals surface area contributed by atoms with Crippen LogP contribution in [-0.4, -0.2) is 11.6 Å². The number of hydrogen-bond acceptors (Lipinski definition) is 2. The Morgan fingerprint density at radius 2 is 1.95 bits per heavy atom. The molecule has 0 saturated heterocycles. The molecular formula is C14H12F4O2. The topological polar surface area (TPSA) is 34.1 Å². The standard InChI is InChI=1S/C14H12F4O2/c15-12-5-4-9(7-11(12)14(16,17)18)13(20)8-2-1-3-10(19)6-8/h4-5,7-8H,1-3,6H2. The summed E-state index contributed by atoms with van der Waals surface area (Å²) in [6.45, 7) is 0. The maximum atomic E-state index is 13.1. The van der Waals surface area contributed by atoms with E-state index in [1.54, 1.807) is 0 Å². The molecule has 2 nitrogen and oxygen atoms in total. The van der Waals surface area contributed by atoms with E-state index in [-0.39, 0.29) is 17.8 Å². The Bertz CT molecular complexity index is 549. The van der Waals surface area contributed by atoms with Crippen LogP contribution in [0, 0.1) is 11.7 Å². The molecule has 2 rings (SSSR count). The molecule has 0 bridgehead atoms. The Balaban J connectivity index is 2.29. The van der Waals surface area contributed by atoms with Gasteiger partial charge in [-0.15, -0.1) is 0 Å². The van der Waals surface area contributed by atoms with Crippen molar-refractivity contribution in [3.63, 3.8) is 0 Å². The number of halogens is 4. The van der Waals surface area contributed by atoms with Crippen molar-refractivity contribution in [3.8, 4) is 0 Å². The Morgan fingerprint density at radius 3 is 2.55 bits per heavy atom. The van der Waals surface area contributed by atoms with E-state index in [2.05, 4.69) is 0 Å². The second kappa shape index (κ2) is 5.34. The number of benzene rings is 1. The first-order valence-electron chi connectivity index (χ1n) is 6.21. The Labute approximate surface area is 112 Å². The maximum absolute atomic E-state index is 13.1. The molecule has 1 aliphatic rings. The third-order valence-corrected chi connectivity index (χ3v) is 3.41. The van der Waals surface area contributed by atoms with E-state index in [0.29, 0.717) is 31.4 Å². The summed E-state index contributed by atoms with van der Waals surface area (Å²) in [6.07, 6.45) is -3.35. The SMILES string of the molecule is O=C1CCCC(C(=O)c2ccc(F)c(C(F)(F)F)c2)C1. The van der Waals surface area contributed by atoms with Gasteiger partial charge in [-0.3, -0.25) is 9.59 Å². The molecule has 1 aromatic carbocycles. The number of Topliss-reactive ketones (excluding diaryl/α,β-unsaturated/α-hetero) is 2. The van der Waals surface area contributed by atoms with Crippen molar-refractivity contribution in [1.29, 1.82) is 0 Å². The molecule has 1 atom stereocenters. The van der Waals surface area contributed by atoms with E-state index < -0.39 is 29.3 Å². The number of hydrogen-bond donors (Lipinski definition) is 0. The molecule has 1 aromatic rings. The molecule has 0 amide bonds. The van der Waals surface area contributed by atoms with Crippen LogP contribution in [0.3, 0.4) is 0 Å². The molecule has 20 heavy (non-hydrogen) atoms. The van der Waals surface area contributed by atoms with Gasteiger partial charge < -0.3 is 0 Å². The van der Waals surface area contributed by atoms with Crippen LogP contribution in [0.2, 0.25) is 0 Å². The van der Waals surface area contributed by atoms with Crippen LogP contribution in [0.5, 0.6) is 0 Å². The quantitative estimate of drug-likeness (QED) is 0.613. The van der Waals surface area contributed by atoms with Gasteiger partial charge in [0, 0.05) is 24.3 Å². The average Bonchev–Trinajstić information content (AvgIpc) is 2.37. The van der Waals surface area contributed by atoms with Crippen LogP contribution in [0.4, 0.5) is 17.6 Å². The largest absolute Gasteiger partial charge is 0.419 e. The summed E-state index contributed by atoms with van der Waals surface area (Å²) in [5, 5.41) is 0. The first-order chi connectivity index (χ1) is 9.29. The molecule has 1 fully saturated rings. The zero-order chi connectivity index (χ0) is 14.9. The van der Waals surface area contributed by atoms with Gasteiger partial charge in [0.1, 0.15) is 11.6 Å². The molecule has 0 radical (unpaired) electrons. The highest BCUT2D eigenvalue weighted by molar-refractivity contribution is 6.00. The molecule has 0 aliphatic heterocycles. The highest BCUT2D eigenvalue weighted by Gasteiger charge is 2.35. The van der Waals surface area contributed by atoms with Crippen LogP contribution in [-0.2, 0) is 11.0 Å². The monoisotopic (exact) mass is 288 g/mol.